The van der Waals surface area contributed by atoms with Gasteiger partial charge in [0.2, 0.25) is 11.7 Å². The van der Waals surface area contributed by atoms with Gasteiger partial charge < -0.3 is 14.0 Å². The molecule has 1 aliphatic heterocycles. The second-order valence-electron chi connectivity index (χ2n) is 6.89. The third kappa shape index (κ3) is 4.12. The number of ether oxygens (including phenoxy) is 2. The van der Waals surface area contributed by atoms with Crippen LogP contribution in [0.1, 0.15) is 35.7 Å². The Morgan fingerprint density at radius 2 is 1.76 bits per heavy atom. The minimum absolute atomic E-state index is 0.0999. The Morgan fingerprint density at radius 1 is 1.00 bits per heavy atom. The number of rotatable bonds is 5. The predicted molar refractivity (Wildman–Crippen MR) is 97.3 cm³/mol. The first-order chi connectivity index (χ1) is 14.0. The molecule has 1 saturated heterocycles. The summed E-state index contributed by atoms with van der Waals surface area (Å²) in [5.74, 6) is 1.28. The summed E-state index contributed by atoms with van der Waals surface area (Å²) in [7, 11) is 0. The fourth-order valence-corrected chi connectivity index (χ4v) is 3.51. The minimum Gasteiger partial charge on any atom is -0.485 e. The van der Waals surface area contributed by atoms with Crippen LogP contribution in [0.25, 0.3) is 0 Å². The van der Waals surface area contributed by atoms with Crippen LogP contribution < -0.4 is 4.74 Å². The molecule has 0 atom stereocenters. The van der Waals surface area contributed by atoms with Crippen molar-refractivity contribution in [2.75, 3.05) is 13.2 Å². The molecule has 1 fully saturated rings. The number of hydrogen-bond donors (Lipinski definition) is 0. The molecule has 3 aromatic rings. The summed E-state index contributed by atoms with van der Waals surface area (Å²) >= 11 is 0. The highest BCUT2D eigenvalue weighted by atomic mass is 19.4. The zero-order chi connectivity index (χ0) is 20.3. The average Bonchev–Trinajstić information content (AvgIpc) is 3.23. The van der Waals surface area contributed by atoms with Crippen LogP contribution >= 0.6 is 0 Å². The van der Waals surface area contributed by atoms with Gasteiger partial charge in [-0.15, -0.1) is 0 Å². The van der Waals surface area contributed by atoms with Crippen molar-refractivity contribution in [2.24, 2.45) is 0 Å². The summed E-state index contributed by atoms with van der Waals surface area (Å²) in [4.78, 5) is 4.45. The molecular formula is C21H19F3N2O3. The zero-order valence-electron chi connectivity index (χ0n) is 15.5. The molecule has 0 radical (unpaired) electrons. The van der Waals surface area contributed by atoms with Gasteiger partial charge in [0.1, 0.15) is 5.75 Å². The first-order valence-electron chi connectivity index (χ1n) is 9.24. The fourth-order valence-electron chi connectivity index (χ4n) is 3.51. The summed E-state index contributed by atoms with van der Waals surface area (Å²) < 4.78 is 56.3. The van der Waals surface area contributed by atoms with Gasteiger partial charge in [-0.05, 0) is 36.6 Å². The van der Waals surface area contributed by atoms with Gasteiger partial charge in [0.15, 0.2) is 6.61 Å². The standard InChI is InChI=1S/C21H19F3N2O3/c22-21(23,24)16-6-4-5-15(13-16)20(9-11-27-12-10-20)19-25-18(26-29-19)14-28-17-7-2-1-3-8-17/h1-8,13H,9-12,14H2. The van der Waals surface area contributed by atoms with Crippen molar-refractivity contribution in [3.05, 3.63) is 77.4 Å². The van der Waals surface area contributed by atoms with Crippen molar-refractivity contribution in [1.29, 1.82) is 0 Å². The largest absolute Gasteiger partial charge is 0.485 e. The van der Waals surface area contributed by atoms with E-state index < -0.39 is 17.2 Å². The smallest absolute Gasteiger partial charge is 0.416 e. The van der Waals surface area contributed by atoms with Crippen LogP contribution in [0.2, 0.25) is 0 Å². The summed E-state index contributed by atoms with van der Waals surface area (Å²) in [6.45, 7) is 0.894. The molecule has 5 nitrogen and oxygen atoms in total. The SMILES string of the molecule is FC(F)(F)c1cccc(C2(c3nc(COc4ccccc4)no3)CCOCC2)c1. The van der Waals surface area contributed by atoms with Crippen molar-refractivity contribution >= 4 is 0 Å². The van der Waals surface area contributed by atoms with Crippen LogP contribution in [0.5, 0.6) is 5.75 Å². The first kappa shape index (κ1) is 19.4. The highest BCUT2D eigenvalue weighted by Crippen LogP contribution is 2.42. The number of aromatic nitrogens is 2. The molecule has 1 aliphatic rings. The number of alkyl halides is 3. The van der Waals surface area contributed by atoms with Crippen LogP contribution in [-0.4, -0.2) is 23.4 Å². The van der Waals surface area contributed by atoms with E-state index in [4.69, 9.17) is 14.0 Å². The maximum absolute atomic E-state index is 13.2. The second kappa shape index (κ2) is 7.87. The van der Waals surface area contributed by atoms with Gasteiger partial charge in [0.25, 0.3) is 0 Å². The van der Waals surface area contributed by atoms with E-state index in [1.165, 1.54) is 6.07 Å². The van der Waals surface area contributed by atoms with Gasteiger partial charge in [-0.1, -0.05) is 41.6 Å². The van der Waals surface area contributed by atoms with E-state index in [0.717, 1.165) is 12.1 Å². The molecule has 0 N–H and O–H groups in total. The molecule has 0 amide bonds. The molecule has 152 valence electrons. The average molecular weight is 404 g/mol. The molecule has 0 spiro atoms. The van der Waals surface area contributed by atoms with Gasteiger partial charge in [0.05, 0.1) is 11.0 Å². The lowest BCUT2D eigenvalue weighted by Crippen LogP contribution is -2.35. The van der Waals surface area contributed by atoms with Gasteiger partial charge in [-0.3, -0.25) is 0 Å². The summed E-state index contributed by atoms with van der Waals surface area (Å²) in [5.41, 5.74) is -1.03. The van der Waals surface area contributed by atoms with Crippen LogP contribution in [0, 0.1) is 0 Å². The Labute approximate surface area is 165 Å². The molecular weight excluding hydrogens is 385 g/mol. The van der Waals surface area contributed by atoms with Crippen molar-refractivity contribution in [3.63, 3.8) is 0 Å². The van der Waals surface area contributed by atoms with Gasteiger partial charge >= 0.3 is 6.18 Å². The molecule has 0 bridgehead atoms. The highest BCUT2D eigenvalue weighted by molar-refractivity contribution is 5.36. The van der Waals surface area contributed by atoms with Crippen molar-refractivity contribution < 1.29 is 27.2 Å². The number of halogens is 3. The van der Waals surface area contributed by atoms with Crippen molar-refractivity contribution in [2.45, 2.75) is 31.0 Å². The first-order valence-corrected chi connectivity index (χ1v) is 9.24. The van der Waals surface area contributed by atoms with E-state index in [9.17, 15) is 13.2 Å². The predicted octanol–water partition coefficient (Wildman–Crippen LogP) is 4.76. The van der Waals surface area contributed by atoms with E-state index in [1.807, 2.05) is 30.3 Å². The van der Waals surface area contributed by atoms with E-state index in [0.29, 0.717) is 43.2 Å². The lowest BCUT2D eigenvalue weighted by Gasteiger charge is -2.34. The number of para-hydroxylation sites is 1. The maximum atomic E-state index is 13.2. The lowest BCUT2D eigenvalue weighted by molar-refractivity contribution is -0.137. The summed E-state index contributed by atoms with van der Waals surface area (Å²) in [5, 5.41) is 3.97. The van der Waals surface area contributed by atoms with E-state index >= 15 is 0 Å². The van der Waals surface area contributed by atoms with E-state index in [2.05, 4.69) is 10.1 Å². The molecule has 0 unspecified atom stereocenters. The molecule has 29 heavy (non-hydrogen) atoms. The molecule has 8 heteroatoms. The Kier molecular flexibility index (Phi) is 5.27. The molecule has 4 rings (SSSR count). The number of nitrogens with zero attached hydrogens (tertiary/aromatic N) is 2. The molecule has 0 saturated carbocycles. The van der Waals surface area contributed by atoms with E-state index in [1.54, 1.807) is 6.07 Å². The summed E-state index contributed by atoms with van der Waals surface area (Å²) in [6, 6.07) is 14.5. The highest BCUT2D eigenvalue weighted by Gasteiger charge is 2.43. The van der Waals surface area contributed by atoms with Gasteiger partial charge in [0, 0.05) is 13.2 Å². The zero-order valence-corrected chi connectivity index (χ0v) is 15.5. The summed E-state index contributed by atoms with van der Waals surface area (Å²) in [6.07, 6.45) is -3.52. The van der Waals surface area contributed by atoms with Crippen LogP contribution in [-0.2, 0) is 22.9 Å². The minimum atomic E-state index is -4.42. The van der Waals surface area contributed by atoms with Crippen LogP contribution in [0.3, 0.4) is 0 Å². The maximum Gasteiger partial charge on any atom is 0.416 e. The van der Waals surface area contributed by atoms with Crippen LogP contribution in [0.15, 0.2) is 59.1 Å². The molecule has 2 heterocycles. The Balaban J connectivity index is 1.63. The van der Waals surface area contributed by atoms with Crippen molar-refractivity contribution in [3.8, 4) is 5.75 Å². The van der Waals surface area contributed by atoms with Crippen LogP contribution in [0.4, 0.5) is 13.2 Å². The Morgan fingerprint density at radius 3 is 2.48 bits per heavy atom. The molecule has 2 aromatic carbocycles. The number of benzene rings is 2. The molecule has 1 aromatic heterocycles. The van der Waals surface area contributed by atoms with Gasteiger partial charge in [-0.25, -0.2) is 0 Å². The second-order valence-corrected chi connectivity index (χ2v) is 6.89. The third-order valence-corrected chi connectivity index (χ3v) is 5.08. The fraction of sp³-hybridized carbons (Fsp3) is 0.333. The number of hydrogen-bond acceptors (Lipinski definition) is 5. The lowest BCUT2D eigenvalue weighted by atomic mass is 9.73. The topological polar surface area (TPSA) is 57.4 Å². The van der Waals surface area contributed by atoms with Crippen molar-refractivity contribution in [1.82, 2.24) is 10.1 Å². The molecule has 0 aliphatic carbocycles. The van der Waals surface area contributed by atoms with Gasteiger partial charge in [-0.2, -0.15) is 18.2 Å². The monoisotopic (exact) mass is 404 g/mol. The Hall–Kier alpha value is -2.87. The third-order valence-electron chi connectivity index (χ3n) is 5.08. The Bertz CT molecular complexity index is 951. The normalized spacial score (nSPS) is 16.5. The quantitative estimate of drug-likeness (QED) is 0.614. The van der Waals surface area contributed by atoms with E-state index in [-0.39, 0.29) is 12.5 Å².